The number of ether oxygens (including phenoxy) is 4. The first-order chi connectivity index (χ1) is 30.9. The van der Waals surface area contributed by atoms with Crippen LogP contribution in [0.4, 0.5) is 0 Å². The molecule has 0 rings (SSSR count). The summed E-state index contributed by atoms with van der Waals surface area (Å²) < 4.78 is 21.1. The fraction of sp³-hybridized carbons (Fsp3) is 0.851. The van der Waals surface area contributed by atoms with Crippen LogP contribution >= 0.6 is 0 Å². The zero-order chi connectivity index (χ0) is 47.9. The second kappa shape index (κ2) is 47.6. The zero-order valence-corrected chi connectivity index (χ0v) is 39.7. The molecule has 0 aliphatic carbocycles. The Kier molecular flexibility index (Phi) is 46.7. The molecule has 17 nitrogen and oxygen atoms in total. The number of nitrogens with one attached hydrogen (secondary N) is 3. The van der Waals surface area contributed by atoms with Crippen LogP contribution in [0.3, 0.4) is 0 Å². The summed E-state index contributed by atoms with van der Waals surface area (Å²) in [5.41, 5.74) is 0. The van der Waals surface area contributed by atoms with Crippen molar-refractivity contribution in [2.24, 2.45) is 5.92 Å². The fourth-order valence-corrected chi connectivity index (χ4v) is 6.62. The highest BCUT2D eigenvalue weighted by molar-refractivity contribution is 5.85. The van der Waals surface area contributed by atoms with Gasteiger partial charge in [0.25, 0.3) is 0 Å². The predicted molar refractivity (Wildman–Crippen MR) is 245 cm³/mol. The van der Waals surface area contributed by atoms with Crippen molar-refractivity contribution in [1.29, 1.82) is 0 Å². The molecule has 0 aliphatic rings. The Morgan fingerprint density at radius 1 is 0.531 bits per heavy atom. The van der Waals surface area contributed by atoms with Crippen molar-refractivity contribution >= 4 is 41.1 Å². The Morgan fingerprint density at radius 2 is 1.05 bits per heavy atom. The molecule has 1 unspecified atom stereocenters. The highest BCUT2D eigenvalue weighted by atomic mass is 16.5. The van der Waals surface area contributed by atoms with Gasteiger partial charge in [0.15, 0.2) is 11.6 Å². The molecule has 0 spiro atoms. The number of amides is 2. The monoisotopic (exact) mass is 918 g/mol. The largest absolute Gasteiger partial charge is 0.481 e. The van der Waals surface area contributed by atoms with E-state index in [0.29, 0.717) is 84.6 Å². The van der Waals surface area contributed by atoms with Crippen molar-refractivity contribution in [2.45, 2.75) is 174 Å². The van der Waals surface area contributed by atoms with Crippen LogP contribution in [0.25, 0.3) is 0 Å². The van der Waals surface area contributed by atoms with E-state index in [1.54, 1.807) is 7.05 Å². The average molecular weight is 918 g/mol. The standard InChI is InChI=1S/C24H44O5.C23H43N3O9/c1-2-17-21(24(28)29)20-22(25)18-15-13-11-9-7-5-3-4-6-8-10-12-14-16-19-23(26)27;1-19(28)25-9-11-33-13-14-34-17-20(29)6-5-10-32-12-15-35-18-23(31)26-8-4-3-7-21(24-2)22(30)16-27/h21H,2-20H2,1H3,(H,26,27)(H,28,29);21,24,27H,3-18H2,1-2H3,(H,25,28)(H,26,31)/t21-;/m1./s1. The molecule has 0 radical (unpaired) electrons. The zero-order valence-electron chi connectivity index (χ0n) is 39.7. The number of unbranched alkanes of at least 4 members (excludes halogenated alkanes) is 14. The maximum atomic E-state index is 11.9. The van der Waals surface area contributed by atoms with Gasteiger partial charge in [0.2, 0.25) is 11.8 Å². The van der Waals surface area contributed by atoms with E-state index in [-0.39, 0.29) is 61.4 Å². The van der Waals surface area contributed by atoms with Gasteiger partial charge in [-0.1, -0.05) is 90.4 Å². The molecule has 0 heterocycles. The van der Waals surface area contributed by atoms with E-state index in [2.05, 4.69) is 16.0 Å². The van der Waals surface area contributed by atoms with Crippen molar-refractivity contribution < 1.29 is 67.8 Å². The third kappa shape index (κ3) is 46.6. The minimum atomic E-state index is -0.837. The molecule has 374 valence electrons. The van der Waals surface area contributed by atoms with Gasteiger partial charge in [-0.2, -0.15) is 0 Å². The number of likely N-dealkylation sites (N-methyl/N-ethyl adjacent to an activating group) is 1. The number of carbonyl (C=O) groups is 7. The van der Waals surface area contributed by atoms with Crippen LogP contribution < -0.4 is 16.0 Å². The molecule has 0 fully saturated rings. The Labute approximate surface area is 383 Å². The molecule has 0 aliphatic heterocycles. The van der Waals surface area contributed by atoms with Gasteiger partial charge in [-0.05, 0) is 52.0 Å². The topological polar surface area (TPSA) is 253 Å². The lowest BCUT2D eigenvalue weighted by molar-refractivity contribution is -0.144. The lowest BCUT2D eigenvalue weighted by Crippen LogP contribution is -2.36. The number of carbonyl (C=O) groups excluding carboxylic acids is 5. The van der Waals surface area contributed by atoms with E-state index >= 15 is 0 Å². The number of ketones is 3. The number of aliphatic hydroxyl groups excluding tert-OH is 1. The Morgan fingerprint density at radius 3 is 1.56 bits per heavy atom. The summed E-state index contributed by atoms with van der Waals surface area (Å²) in [6, 6.07) is -0.357. The van der Waals surface area contributed by atoms with Crippen LogP contribution in [0.15, 0.2) is 0 Å². The third-order valence-electron chi connectivity index (χ3n) is 10.3. The minimum Gasteiger partial charge on any atom is -0.481 e. The summed E-state index contributed by atoms with van der Waals surface area (Å²) in [5, 5.41) is 34.8. The number of carboxylic acids is 2. The molecule has 0 aromatic carbocycles. The number of hydrogen-bond acceptors (Lipinski definition) is 13. The Bertz CT molecular complexity index is 1210. The van der Waals surface area contributed by atoms with Crippen LogP contribution in [-0.2, 0) is 52.5 Å². The highest BCUT2D eigenvalue weighted by Gasteiger charge is 2.20. The molecule has 0 bridgehead atoms. The van der Waals surface area contributed by atoms with E-state index in [9.17, 15) is 33.6 Å². The SMILES string of the molecule is CCC[C@H](CC(=O)CCCCCCCCCCCCCCCCC(=O)O)C(=O)O.CNC(CCCCNC(=O)COCCOCCCC(=O)COCCOCCNC(C)=O)C(=O)CO. The van der Waals surface area contributed by atoms with Gasteiger partial charge in [0.1, 0.15) is 25.6 Å². The first-order valence-corrected chi connectivity index (χ1v) is 24.0. The number of Topliss-reactive ketones (excluding diaryl/α,β-unsaturated/α-hetero) is 3. The van der Waals surface area contributed by atoms with E-state index < -0.39 is 24.5 Å². The molecule has 64 heavy (non-hydrogen) atoms. The van der Waals surface area contributed by atoms with Gasteiger partial charge in [-0.3, -0.25) is 33.6 Å². The summed E-state index contributed by atoms with van der Waals surface area (Å²) >= 11 is 0. The first kappa shape index (κ1) is 62.7. The Hall–Kier alpha value is -3.35. The van der Waals surface area contributed by atoms with Crippen LogP contribution in [0.5, 0.6) is 0 Å². The molecule has 2 atom stereocenters. The number of hydrogen-bond donors (Lipinski definition) is 6. The van der Waals surface area contributed by atoms with Crippen LogP contribution in [0.2, 0.25) is 0 Å². The van der Waals surface area contributed by atoms with Crippen molar-refractivity contribution in [3.05, 3.63) is 0 Å². The summed E-state index contributed by atoms with van der Waals surface area (Å²) in [7, 11) is 1.68. The van der Waals surface area contributed by atoms with Gasteiger partial charge in [-0.15, -0.1) is 0 Å². The molecule has 17 heteroatoms. The number of aliphatic hydroxyl groups is 1. The molecule has 0 aromatic heterocycles. The summed E-state index contributed by atoms with van der Waals surface area (Å²) in [5.74, 6) is -2.48. The van der Waals surface area contributed by atoms with Crippen LogP contribution in [0.1, 0.15) is 168 Å². The van der Waals surface area contributed by atoms with Crippen molar-refractivity contribution in [1.82, 2.24) is 16.0 Å². The Balaban J connectivity index is 0. The second-order valence-electron chi connectivity index (χ2n) is 16.2. The minimum absolute atomic E-state index is 0.0127. The van der Waals surface area contributed by atoms with Gasteiger partial charge >= 0.3 is 11.9 Å². The molecule has 0 aromatic rings. The van der Waals surface area contributed by atoms with Gasteiger partial charge in [0.05, 0.1) is 45.0 Å². The lowest BCUT2D eigenvalue weighted by Gasteiger charge is -2.13. The van der Waals surface area contributed by atoms with Crippen molar-refractivity contribution in [3.63, 3.8) is 0 Å². The molecule has 0 saturated carbocycles. The molecular weight excluding hydrogens is 831 g/mol. The number of rotatable bonds is 47. The normalized spacial score (nSPS) is 11.9. The maximum absolute atomic E-state index is 11.9. The highest BCUT2D eigenvalue weighted by Crippen LogP contribution is 2.17. The van der Waals surface area contributed by atoms with E-state index in [1.807, 2.05) is 6.92 Å². The number of carboxylic acid groups (broad SMARTS) is 2. The van der Waals surface area contributed by atoms with Crippen LogP contribution in [-0.4, -0.2) is 142 Å². The molecule has 0 saturated heterocycles. The lowest BCUT2D eigenvalue weighted by atomic mass is 9.95. The molecule has 6 N–H and O–H groups in total. The second-order valence-corrected chi connectivity index (χ2v) is 16.2. The van der Waals surface area contributed by atoms with Gasteiger partial charge in [0, 0.05) is 52.3 Å². The van der Waals surface area contributed by atoms with Crippen molar-refractivity contribution in [2.75, 3.05) is 79.6 Å². The summed E-state index contributed by atoms with van der Waals surface area (Å²) in [6.07, 6.45) is 21.7. The quantitative estimate of drug-likeness (QED) is 0.0398. The third-order valence-corrected chi connectivity index (χ3v) is 10.3. The van der Waals surface area contributed by atoms with E-state index in [0.717, 1.165) is 51.4 Å². The molecule has 2 amide bonds. The summed E-state index contributed by atoms with van der Waals surface area (Å²) in [4.78, 5) is 78.9. The number of aliphatic carboxylic acids is 2. The predicted octanol–water partition coefficient (Wildman–Crippen LogP) is 5.75. The first-order valence-electron chi connectivity index (χ1n) is 24.0. The van der Waals surface area contributed by atoms with Crippen LogP contribution in [0, 0.1) is 5.92 Å². The molecular formula is C47H87N3O14. The van der Waals surface area contributed by atoms with Gasteiger partial charge < -0.3 is 50.2 Å². The maximum Gasteiger partial charge on any atom is 0.306 e. The fourth-order valence-electron chi connectivity index (χ4n) is 6.62. The average Bonchev–Trinajstić information content (AvgIpc) is 3.26. The van der Waals surface area contributed by atoms with E-state index in [1.165, 1.54) is 64.7 Å². The van der Waals surface area contributed by atoms with Crippen molar-refractivity contribution in [3.8, 4) is 0 Å². The van der Waals surface area contributed by atoms with Gasteiger partial charge in [-0.25, -0.2) is 0 Å². The summed E-state index contributed by atoms with van der Waals surface area (Å²) in [6.45, 7) is 5.93. The van der Waals surface area contributed by atoms with E-state index in [4.69, 9.17) is 34.3 Å². The smallest absolute Gasteiger partial charge is 0.306 e.